The molecule has 1 unspecified atom stereocenters. The normalized spacial score (nSPS) is 24.2. The molecular weight excluding hydrogens is 622 g/mol. The van der Waals surface area contributed by atoms with Gasteiger partial charge in [0.2, 0.25) is 16.1 Å². The Labute approximate surface area is 268 Å². The summed E-state index contributed by atoms with van der Waals surface area (Å²) in [6.45, 7) is -0.691. The highest BCUT2D eigenvalue weighted by Gasteiger charge is 2.64. The van der Waals surface area contributed by atoms with Crippen molar-refractivity contribution >= 4 is 28.0 Å². The van der Waals surface area contributed by atoms with Crippen LogP contribution in [-0.4, -0.2) is 80.1 Å². The molecule has 0 bridgehead atoms. The fourth-order valence-electron chi connectivity index (χ4n) is 6.15. The van der Waals surface area contributed by atoms with Gasteiger partial charge in [0.15, 0.2) is 0 Å². The molecule has 3 atom stereocenters. The number of carbonyl (C=O) groups excluding carboxylic acids is 2. The van der Waals surface area contributed by atoms with Crippen LogP contribution in [0.2, 0.25) is 0 Å². The first kappa shape index (κ1) is 33.8. The number of carbonyl (C=O) groups is 2. The third-order valence-corrected chi connectivity index (χ3v) is 9.66. The summed E-state index contributed by atoms with van der Waals surface area (Å²) in [6, 6.07) is 14.3. The van der Waals surface area contributed by atoms with E-state index in [4.69, 9.17) is 18.9 Å². The lowest BCUT2D eigenvalue weighted by atomic mass is 9.95. The summed E-state index contributed by atoms with van der Waals surface area (Å²) in [5.74, 6) is -5.81. The predicted molar refractivity (Wildman–Crippen MR) is 165 cm³/mol. The van der Waals surface area contributed by atoms with Crippen molar-refractivity contribution in [2.75, 3.05) is 12.9 Å². The van der Waals surface area contributed by atoms with Crippen LogP contribution in [0.3, 0.4) is 0 Å². The average Bonchev–Trinajstić information content (AvgIpc) is 3.28. The van der Waals surface area contributed by atoms with Crippen LogP contribution in [0.4, 0.5) is 8.78 Å². The van der Waals surface area contributed by atoms with E-state index in [1.165, 1.54) is 24.3 Å². The first-order chi connectivity index (χ1) is 22.0. The van der Waals surface area contributed by atoms with Gasteiger partial charge in [-0.25, -0.2) is 27.3 Å². The van der Waals surface area contributed by atoms with Crippen LogP contribution >= 0.6 is 0 Å². The molecule has 5 rings (SSSR count). The number of halogens is 2. The number of benzene rings is 2. The Bertz CT molecular complexity index is 1460. The van der Waals surface area contributed by atoms with Crippen molar-refractivity contribution < 1.29 is 45.7 Å². The first-order valence-electron chi connectivity index (χ1n) is 15.8. The molecule has 2 saturated carbocycles. The van der Waals surface area contributed by atoms with E-state index in [0.29, 0.717) is 25.7 Å². The molecule has 1 heterocycles. The van der Waals surface area contributed by atoms with E-state index in [0.717, 1.165) is 49.1 Å². The Morgan fingerprint density at radius 2 is 1.39 bits per heavy atom. The van der Waals surface area contributed by atoms with Crippen LogP contribution in [0, 0.1) is 0 Å². The summed E-state index contributed by atoms with van der Waals surface area (Å²) in [5.41, 5.74) is 0.221. The summed E-state index contributed by atoms with van der Waals surface area (Å²) in [6.07, 6.45) is 2.33. The van der Waals surface area contributed by atoms with Gasteiger partial charge in [-0.05, 0) is 49.9 Å². The molecule has 2 aromatic rings. The van der Waals surface area contributed by atoms with Gasteiger partial charge in [0.1, 0.15) is 12.7 Å². The number of esters is 2. The van der Waals surface area contributed by atoms with E-state index in [2.05, 4.69) is 4.99 Å². The number of nitrogens with zero attached hydrogens (tertiary/aromatic N) is 2. The molecule has 0 N–H and O–H groups in total. The first-order valence-corrected chi connectivity index (χ1v) is 17.6. The van der Waals surface area contributed by atoms with Crippen molar-refractivity contribution in [2.24, 2.45) is 4.99 Å². The second-order valence-corrected chi connectivity index (χ2v) is 13.9. The fourth-order valence-corrected chi connectivity index (χ4v) is 7.28. The Kier molecular flexibility index (Phi) is 10.9. The van der Waals surface area contributed by atoms with E-state index in [1.54, 1.807) is 36.4 Å². The van der Waals surface area contributed by atoms with Gasteiger partial charge in [0.25, 0.3) is 6.29 Å². The second-order valence-electron chi connectivity index (χ2n) is 12.0. The van der Waals surface area contributed by atoms with Crippen LogP contribution in [0.25, 0.3) is 0 Å². The molecule has 46 heavy (non-hydrogen) atoms. The highest BCUT2D eigenvalue weighted by molar-refractivity contribution is 7.88. The summed E-state index contributed by atoms with van der Waals surface area (Å²) < 4.78 is 82.1. The minimum Gasteiger partial charge on any atom is -0.459 e. The summed E-state index contributed by atoms with van der Waals surface area (Å²) in [5, 5.41) is 0. The topological polar surface area (TPSA) is 121 Å². The molecule has 10 nitrogen and oxygen atoms in total. The number of hydrogen-bond donors (Lipinski definition) is 0. The van der Waals surface area contributed by atoms with Crippen LogP contribution in [0.1, 0.15) is 84.9 Å². The molecule has 1 saturated heterocycles. The van der Waals surface area contributed by atoms with Gasteiger partial charge in [-0.2, -0.15) is 8.78 Å². The van der Waals surface area contributed by atoms with Crippen molar-refractivity contribution in [3.63, 3.8) is 0 Å². The minimum absolute atomic E-state index is 0.0304. The molecule has 0 spiro atoms. The van der Waals surface area contributed by atoms with Crippen LogP contribution in [0.5, 0.6) is 0 Å². The number of rotatable bonds is 9. The number of sulfonamides is 1. The zero-order valence-electron chi connectivity index (χ0n) is 25.8. The maximum atomic E-state index is 16.3. The Morgan fingerprint density at radius 3 is 1.96 bits per heavy atom. The summed E-state index contributed by atoms with van der Waals surface area (Å²) >= 11 is 0. The molecule has 2 aromatic carbocycles. The number of amidine groups is 1. The van der Waals surface area contributed by atoms with Crippen molar-refractivity contribution in [3.05, 3.63) is 71.8 Å². The van der Waals surface area contributed by atoms with Gasteiger partial charge in [-0.15, -0.1) is 0 Å². The minimum atomic E-state index is -4.01. The lowest BCUT2D eigenvalue weighted by Crippen LogP contribution is -2.50. The van der Waals surface area contributed by atoms with E-state index >= 15 is 8.78 Å². The third kappa shape index (κ3) is 8.22. The molecule has 2 aliphatic carbocycles. The van der Waals surface area contributed by atoms with Gasteiger partial charge >= 0.3 is 23.9 Å². The quantitative estimate of drug-likeness (QED) is 0.190. The van der Waals surface area contributed by atoms with Crippen LogP contribution in [0.15, 0.2) is 65.7 Å². The molecule has 0 radical (unpaired) electrons. The Balaban J connectivity index is 1.45. The van der Waals surface area contributed by atoms with Crippen LogP contribution < -0.4 is 0 Å². The van der Waals surface area contributed by atoms with Crippen molar-refractivity contribution in [3.8, 4) is 0 Å². The Morgan fingerprint density at radius 1 is 0.848 bits per heavy atom. The Hall–Kier alpha value is -3.58. The van der Waals surface area contributed by atoms with Gasteiger partial charge < -0.3 is 18.9 Å². The lowest BCUT2D eigenvalue weighted by molar-refractivity contribution is -0.194. The van der Waals surface area contributed by atoms with Gasteiger partial charge in [0, 0.05) is 6.04 Å². The smallest absolute Gasteiger partial charge is 0.347 e. The predicted octanol–water partition coefficient (Wildman–Crippen LogP) is 5.73. The van der Waals surface area contributed by atoms with Crippen molar-refractivity contribution in [2.45, 2.75) is 101 Å². The highest BCUT2D eigenvalue weighted by atomic mass is 32.2. The van der Waals surface area contributed by atoms with E-state index in [9.17, 15) is 18.0 Å². The molecule has 3 fully saturated rings. The van der Waals surface area contributed by atoms with Crippen LogP contribution in [-0.2, 0) is 29.0 Å². The van der Waals surface area contributed by atoms with Crippen molar-refractivity contribution in [1.82, 2.24) is 4.31 Å². The van der Waals surface area contributed by atoms with Gasteiger partial charge in [-0.3, -0.25) is 0 Å². The maximum Gasteiger partial charge on any atom is 0.347 e. The zero-order valence-corrected chi connectivity index (χ0v) is 26.6. The molecular formula is C33H40F2N2O8S. The zero-order chi connectivity index (χ0) is 32.7. The molecule has 250 valence electrons. The largest absolute Gasteiger partial charge is 0.459 e. The van der Waals surface area contributed by atoms with E-state index in [1.807, 2.05) is 0 Å². The maximum absolute atomic E-state index is 16.3. The third-order valence-electron chi connectivity index (χ3n) is 8.49. The van der Waals surface area contributed by atoms with Gasteiger partial charge in [0.05, 0.1) is 23.4 Å². The lowest BCUT2D eigenvalue weighted by Gasteiger charge is -2.36. The molecule has 0 aromatic heterocycles. The van der Waals surface area contributed by atoms with Crippen molar-refractivity contribution in [1.29, 1.82) is 0 Å². The average molecular weight is 663 g/mol. The fraction of sp³-hybridized carbons (Fsp3) is 0.545. The number of ether oxygens (including phenoxy) is 4. The summed E-state index contributed by atoms with van der Waals surface area (Å²) in [4.78, 5) is 30.2. The molecule has 3 aliphatic rings. The monoisotopic (exact) mass is 662 g/mol. The van der Waals surface area contributed by atoms with E-state index in [-0.39, 0.29) is 17.2 Å². The number of hydrogen-bond acceptors (Lipinski definition) is 9. The highest BCUT2D eigenvalue weighted by Crippen LogP contribution is 2.41. The SMILES string of the molecule is CS(=O)(=O)N(C(=NC1CCCCC1)OC1O[C@H](COC(=O)c2ccccc2)[C@H](OC(=O)c2ccccc2)C1(F)F)C1CCCCC1. The standard InChI is InChI=1S/C33H40F2N2O8S/c1-46(40,41)37(26-20-12-5-13-21-26)32(36-25-18-10-4-11-19-25)45-31-33(34,35)28(44-30(39)24-16-8-3-9-17-24)27(43-31)22-42-29(38)23-14-6-2-7-15-23/h2-3,6-9,14-17,25-28,31H,4-5,10-13,18-22H2,1H3/t27-,28+,31?/m1/s1. The number of aliphatic imine (C=N–C) groups is 1. The molecule has 13 heteroatoms. The number of alkyl halides is 2. The molecule has 1 aliphatic heterocycles. The molecule has 0 amide bonds. The summed E-state index contributed by atoms with van der Waals surface area (Å²) in [7, 11) is -4.01. The van der Waals surface area contributed by atoms with E-state index < -0.39 is 65.1 Å². The second kappa shape index (κ2) is 14.9. The van der Waals surface area contributed by atoms with Gasteiger partial charge in [-0.1, -0.05) is 74.9 Å².